The van der Waals surface area contributed by atoms with Crippen LogP contribution in [0, 0.1) is 18.2 Å². The smallest absolute Gasteiger partial charge is 0.414 e. The van der Waals surface area contributed by atoms with Crippen LogP contribution in [0.1, 0.15) is 72.1 Å². The zero-order chi connectivity index (χ0) is 37.7. The number of anilines is 3. The predicted octanol–water partition coefficient (Wildman–Crippen LogP) is 7.63. The third-order valence-electron chi connectivity index (χ3n) is 9.39. The summed E-state index contributed by atoms with van der Waals surface area (Å²) < 4.78 is 53.2. The highest BCUT2D eigenvalue weighted by atomic mass is 19.3. The summed E-state index contributed by atoms with van der Waals surface area (Å²) in [6, 6.07) is 2.58. The molecule has 0 unspecified atom stereocenters. The van der Waals surface area contributed by atoms with Crippen molar-refractivity contribution >= 4 is 46.2 Å². The van der Waals surface area contributed by atoms with Gasteiger partial charge in [-0.25, -0.2) is 32.5 Å². The van der Waals surface area contributed by atoms with E-state index in [1.807, 2.05) is 0 Å². The molecule has 3 N–H and O–H groups in total. The van der Waals surface area contributed by atoms with E-state index in [1.165, 1.54) is 11.1 Å². The minimum atomic E-state index is -2.36. The number of amides is 4. The molecule has 0 bridgehead atoms. The van der Waals surface area contributed by atoms with E-state index in [0.29, 0.717) is 73.2 Å². The van der Waals surface area contributed by atoms with Crippen molar-refractivity contribution in [2.75, 3.05) is 41.7 Å². The Morgan fingerprint density at radius 1 is 0.981 bits per heavy atom. The molecule has 2 fully saturated rings. The van der Waals surface area contributed by atoms with E-state index in [-0.39, 0.29) is 40.5 Å². The van der Waals surface area contributed by atoms with E-state index in [1.54, 1.807) is 71.7 Å². The van der Waals surface area contributed by atoms with Crippen molar-refractivity contribution in [2.45, 2.75) is 97.8 Å². The number of nitrogens with one attached hydrogen (secondary N) is 3. The van der Waals surface area contributed by atoms with Crippen LogP contribution in [0.15, 0.2) is 24.5 Å². The number of aromatic nitrogens is 2. The molecule has 4 amide bonds. The van der Waals surface area contributed by atoms with Crippen molar-refractivity contribution in [1.82, 2.24) is 20.2 Å². The molecule has 1 aliphatic carbocycles. The van der Waals surface area contributed by atoms with Crippen LogP contribution in [-0.2, 0) is 15.9 Å². The van der Waals surface area contributed by atoms with Crippen LogP contribution in [0.25, 0.3) is 21.9 Å². The highest BCUT2D eigenvalue weighted by molar-refractivity contribution is 6.05. The number of likely N-dealkylation sites (tertiary alicyclic amines) is 1. The van der Waals surface area contributed by atoms with Crippen LogP contribution in [0.4, 0.5) is 44.7 Å². The molecule has 4 heterocycles. The van der Waals surface area contributed by atoms with Crippen molar-refractivity contribution < 1.29 is 37.0 Å². The Balaban J connectivity index is 1.30. The Labute approximate surface area is 300 Å². The van der Waals surface area contributed by atoms with E-state index >= 15 is 4.39 Å². The van der Waals surface area contributed by atoms with Gasteiger partial charge in [-0.2, -0.15) is 0 Å². The fraction of sp³-hybridized carbons (Fsp3) is 0.541. The molecule has 3 aromatic rings. The molecule has 1 saturated carbocycles. The third-order valence-corrected chi connectivity index (χ3v) is 9.39. The average molecular weight is 726 g/mol. The van der Waals surface area contributed by atoms with Crippen LogP contribution < -0.4 is 20.9 Å². The summed E-state index contributed by atoms with van der Waals surface area (Å²) in [4.78, 5) is 51.4. The Bertz CT molecular complexity index is 1900. The van der Waals surface area contributed by atoms with Crippen molar-refractivity contribution in [2.24, 2.45) is 5.41 Å². The molecule has 12 nitrogen and oxygen atoms in total. The minimum absolute atomic E-state index is 0.0281. The number of urea groups is 1. The molecule has 15 heteroatoms. The van der Waals surface area contributed by atoms with Crippen LogP contribution >= 0.6 is 0 Å². The lowest BCUT2D eigenvalue weighted by atomic mass is 9.60. The maximum atomic E-state index is 16.7. The summed E-state index contributed by atoms with van der Waals surface area (Å²) in [5.74, 6) is -0.576. The number of alkyl halides is 2. The van der Waals surface area contributed by atoms with Crippen molar-refractivity contribution in [1.29, 1.82) is 0 Å². The lowest BCUT2D eigenvalue weighted by molar-refractivity contribution is -0.0936. The second-order valence-electron chi connectivity index (χ2n) is 16.1. The van der Waals surface area contributed by atoms with Gasteiger partial charge in [0.2, 0.25) is 0 Å². The lowest BCUT2D eigenvalue weighted by Gasteiger charge is -2.59. The number of fused-ring (bicyclic) bond motifs is 2. The number of carbonyl (C=O) groups is 3. The molecule has 2 aromatic heterocycles. The summed E-state index contributed by atoms with van der Waals surface area (Å²) in [5.41, 5.74) is 0.551. The number of pyridine rings is 2. The number of nitrogens with zero attached hydrogens (tertiary/aromatic N) is 4. The molecule has 52 heavy (non-hydrogen) atoms. The molecule has 2 aliphatic heterocycles. The summed E-state index contributed by atoms with van der Waals surface area (Å²) >= 11 is 0. The minimum Gasteiger partial charge on any atom is -0.444 e. The second-order valence-corrected chi connectivity index (χ2v) is 16.1. The van der Waals surface area contributed by atoms with Gasteiger partial charge in [0, 0.05) is 54.6 Å². The van der Waals surface area contributed by atoms with Crippen LogP contribution in [0.5, 0.6) is 0 Å². The lowest BCUT2D eigenvalue weighted by Crippen LogP contribution is -2.67. The first-order chi connectivity index (χ1) is 24.3. The number of ether oxygens (including phenoxy) is 2. The first-order valence-electron chi connectivity index (χ1n) is 17.5. The van der Waals surface area contributed by atoms with E-state index in [9.17, 15) is 23.2 Å². The van der Waals surface area contributed by atoms with Crippen molar-refractivity contribution in [3.63, 3.8) is 0 Å². The van der Waals surface area contributed by atoms with Crippen LogP contribution in [0.2, 0.25) is 0 Å². The summed E-state index contributed by atoms with van der Waals surface area (Å²) in [5, 5.41) is 8.93. The zero-order valence-electron chi connectivity index (χ0n) is 30.6. The zero-order valence-corrected chi connectivity index (χ0v) is 30.6. The van der Waals surface area contributed by atoms with Gasteiger partial charge in [0.05, 0.1) is 23.6 Å². The molecule has 6 rings (SSSR count). The number of benzene rings is 1. The summed E-state index contributed by atoms with van der Waals surface area (Å²) in [7, 11) is 0. The number of hydrogen-bond acceptors (Lipinski definition) is 8. The van der Waals surface area contributed by atoms with Crippen LogP contribution in [0.3, 0.4) is 0 Å². The molecule has 280 valence electrons. The number of aryl methyl sites for hydroxylation is 1. The Morgan fingerprint density at radius 2 is 1.67 bits per heavy atom. The highest BCUT2D eigenvalue weighted by Gasteiger charge is 2.52. The largest absolute Gasteiger partial charge is 0.444 e. The van der Waals surface area contributed by atoms with Gasteiger partial charge in [-0.05, 0) is 103 Å². The fourth-order valence-electron chi connectivity index (χ4n) is 7.45. The number of rotatable bonds is 6. The molecule has 3 aliphatic rings. The summed E-state index contributed by atoms with van der Waals surface area (Å²) in [6.07, 6.45) is 1.87. The molecule has 0 atom stereocenters. The topological polar surface area (TPSA) is 138 Å². The normalized spacial score (nSPS) is 17.3. The molecular formula is C37H46F3N7O5. The summed E-state index contributed by atoms with van der Waals surface area (Å²) in [6.45, 7) is 13.6. The highest BCUT2D eigenvalue weighted by Crippen LogP contribution is 2.48. The van der Waals surface area contributed by atoms with Gasteiger partial charge >= 0.3 is 18.2 Å². The molecule has 0 radical (unpaired) electrons. The van der Waals surface area contributed by atoms with Gasteiger partial charge in [-0.15, -0.1) is 0 Å². The van der Waals surface area contributed by atoms with Gasteiger partial charge in [-0.3, -0.25) is 25.4 Å². The maximum Gasteiger partial charge on any atom is 0.414 e. The molecule has 1 aromatic carbocycles. The predicted molar refractivity (Wildman–Crippen MR) is 191 cm³/mol. The Morgan fingerprint density at radius 3 is 2.33 bits per heavy atom. The standard InChI is InChI=1S/C37H46F3N7O5/c1-20-24(15-41-26-9-8-10-47(31(20)26)34(50)52-36(5,6)7)23-11-21-12-28(42-16-25(21)30(29(23)40)45-33(49)51-35(2,3)4)44-32(48)43-22-13-37(14-22)18-46(19-37)17-27(38)39/h11-12,15-16,22,27H,8-10,13-14,17-19H2,1-7H3,(H,45,49)(H2,42,43,44,48). The van der Waals surface area contributed by atoms with Crippen molar-refractivity contribution in [3.8, 4) is 11.1 Å². The van der Waals surface area contributed by atoms with Gasteiger partial charge in [0.15, 0.2) is 5.82 Å². The Hall–Kier alpha value is -4.66. The second kappa shape index (κ2) is 13.7. The first kappa shape index (κ1) is 37.1. The molecular weight excluding hydrogens is 679 g/mol. The monoisotopic (exact) mass is 725 g/mol. The van der Waals surface area contributed by atoms with Gasteiger partial charge in [0.25, 0.3) is 6.43 Å². The maximum absolute atomic E-state index is 16.7. The number of halogens is 3. The number of carbonyl (C=O) groups excluding carboxylic acids is 3. The number of hydrogen-bond donors (Lipinski definition) is 3. The van der Waals surface area contributed by atoms with Gasteiger partial charge in [-0.1, -0.05) is 0 Å². The van der Waals surface area contributed by atoms with Crippen LogP contribution in [-0.4, -0.2) is 82.9 Å². The Kier molecular flexibility index (Phi) is 9.79. The fourth-order valence-corrected chi connectivity index (χ4v) is 7.45. The average Bonchev–Trinajstić information content (AvgIpc) is 2.98. The molecule has 1 saturated heterocycles. The van der Waals surface area contributed by atoms with E-state index in [4.69, 9.17) is 9.47 Å². The SMILES string of the molecule is Cc1c(-c2cc3cc(NC(=O)NC4CC5(C4)CN(CC(F)F)C5)ncc3c(NC(=O)OC(C)(C)C)c2F)cnc2c1N(C(=O)OC(C)(C)C)CCC2. The van der Waals surface area contributed by atoms with Gasteiger partial charge in [0.1, 0.15) is 17.0 Å². The third kappa shape index (κ3) is 8.03. The van der Waals surface area contributed by atoms with E-state index in [2.05, 4.69) is 25.9 Å². The van der Waals surface area contributed by atoms with Gasteiger partial charge < -0.3 is 14.8 Å². The quantitative estimate of drug-likeness (QED) is 0.236. The van der Waals surface area contributed by atoms with Crippen molar-refractivity contribution in [3.05, 3.63) is 41.6 Å². The first-order valence-corrected chi connectivity index (χ1v) is 17.5. The van der Waals surface area contributed by atoms with E-state index in [0.717, 1.165) is 0 Å². The molecule has 1 spiro atoms. The van der Waals surface area contributed by atoms with E-state index < -0.39 is 41.7 Å².